The molecule has 5 heteroatoms. The number of fused-ring (bicyclic) bond motifs is 1. The van der Waals surface area contributed by atoms with E-state index in [-0.39, 0.29) is 18.2 Å². The SMILES string of the molecule is CCOC(=O)CCn1cc2c(c1C#N)CC(=O)CC2. The molecule has 100 valence electrons. The normalized spacial score (nSPS) is 13.8. The van der Waals surface area contributed by atoms with E-state index in [9.17, 15) is 14.9 Å². The van der Waals surface area contributed by atoms with Gasteiger partial charge in [0.1, 0.15) is 17.5 Å². The molecule has 5 nitrogen and oxygen atoms in total. The van der Waals surface area contributed by atoms with Gasteiger partial charge >= 0.3 is 5.97 Å². The molecule has 0 N–H and O–H groups in total. The van der Waals surface area contributed by atoms with E-state index >= 15 is 0 Å². The van der Waals surface area contributed by atoms with Gasteiger partial charge in [-0.15, -0.1) is 0 Å². The number of aromatic nitrogens is 1. The first-order valence-electron chi connectivity index (χ1n) is 6.44. The number of nitriles is 1. The summed E-state index contributed by atoms with van der Waals surface area (Å²) in [4.78, 5) is 22.8. The zero-order chi connectivity index (χ0) is 13.8. The molecule has 1 heterocycles. The third kappa shape index (κ3) is 2.84. The number of hydrogen-bond acceptors (Lipinski definition) is 4. The Morgan fingerprint density at radius 2 is 2.32 bits per heavy atom. The van der Waals surface area contributed by atoms with Crippen LogP contribution in [0.1, 0.15) is 36.6 Å². The summed E-state index contributed by atoms with van der Waals surface area (Å²) >= 11 is 0. The van der Waals surface area contributed by atoms with Gasteiger partial charge in [-0.1, -0.05) is 0 Å². The van der Waals surface area contributed by atoms with Crippen molar-refractivity contribution in [3.8, 4) is 6.07 Å². The van der Waals surface area contributed by atoms with Crippen molar-refractivity contribution in [2.75, 3.05) is 6.61 Å². The van der Waals surface area contributed by atoms with Crippen molar-refractivity contribution >= 4 is 11.8 Å². The number of hydrogen-bond donors (Lipinski definition) is 0. The van der Waals surface area contributed by atoms with Crippen LogP contribution in [0, 0.1) is 11.3 Å². The molecular formula is C14H16N2O3. The van der Waals surface area contributed by atoms with E-state index in [0.29, 0.717) is 38.1 Å². The predicted octanol–water partition coefficient (Wildman–Crippen LogP) is 1.37. The van der Waals surface area contributed by atoms with Gasteiger partial charge in [-0.25, -0.2) is 0 Å². The van der Waals surface area contributed by atoms with Gasteiger partial charge in [0.2, 0.25) is 0 Å². The number of ether oxygens (including phenoxy) is 1. The number of Topliss-reactive ketones (excluding diaryl/α,β-unsaturated/α-hetero) is 1. The van der Waals surface area contributed by atoms with Crippen molar-refractivity contribution in [2.24, 2.45) is 0 Å². The fourth-order valence-electron chi connectivity index (χ4n) is 2.38. The molecule has 0 amide bonds. The lowest BCUT2D eigenvalue weighted by Crippen LogP contribution is -2.12. The second kappa shape index (κ2) is 5.70. The number of ketones is 1. The van der Waals surface area contributed by atoms with Gasteiger partial charge < -0.3 is 9.30 Å². The Labute approximate surface area is 111 Å². The molecule has 1 aromatic heterocycles. The molecule has 0 bridgehead atoms. The Morgan fingerprint density at radius 3 is 3.00 bits per heavy atom. The van der Waals surface area contributed by atoms with Crippen LogP contribution in [0.4, 0.5) is 0 Å². The fraction of sp³-hybridized carbons (Fsp3) is 0.500. The maximum absolute atomic E-state index is 11.5. The molecule has 19 heavy (non-hydrogen) atoms. The van der Waals surface area contributed by atoms with Crippen molar-refractivity contribution < 1.29 is 14.3 Å². The monoisotopic (exact) mass is 260 g/mol. The minimum atomic E-state index is -0.269. The minimum Gasteiger partial charge on any atom is -0.466 e. The third-order valence-corrected chi connectivity index (χ3v) is 3.29. The summed E-state index contributed by atoms with van der Waals surface area (Å²) in [6.07, 6.45) is 3.70. The Bertz CT molecular complexity index is 552. The summed E-state index contributed by atoms with van der Waals surface area (Å²) < 4.78 is 6.63. The lowest BCUT2D eigenvalue weighted by molar-refractivity contribution is -0.143. The number of carbonyl (C=O) groups is 2. The highest BCUT2D eigenvalue weighted by molar-refractivity contribution is 5.84. The summed E-state index contributed by atoms with van der Waals surface area (Å²) in [5.74, 6) is -0.0960. The first kappa shape index (κ1) is 13.3. The van der Waals surface area contributed by atoms with Gasteiger partial charge in [0.25, 0.3) is 0 Å². The van der Waals surface area contributed by atoms with Gasteiger partial charge in [0.05, 0.1) is 13.0 Å². The van der Waals surface area contributed by atoms with E-state index in [1.54, 1.807) is 11.5 Å². The topological polar surface area (TPSA) is 72.1 Å². The molecule has 0 aromatic carbocycles. The Morgan fingerprint density at radius 1 is 1.53 bits per heavy atom. The van der Waals surface area contributed by atoms with Crippen LogP contribution in [-0.4, -0.2) is 22.9 Å². The number of nitrogens with zero attached hydrogens (tertiary/aromatic N) is 2. The average molecular weight is 260 g/mol. The predicted molar refractivity (Wildman–Crippen MR) is 67.4 cm³/mol. The van der Waals surface area contributed by atoms with Crippen molar-refractivity contribution in [3.05, 3.63) is 23.0 Å². The van der Waals surface area contributed by atoms with E-state index in [1.165, 1.54) is 0 Å². The zero-order valence-electron chi connectivity index (χ0n) is 10.9. The first-order chi connectivity index (χ1) is 9.15. The minimum absolute atomic E-state index is 0.173. The van der Waals surface area contributed by atoms with Crippen molar-refractivity contribution in [1.29, 1.82) is 5.26 Å². The molecule has 1 aliphatic rings. The first-order valence-corrected chi connectivity index (χ1v) is 6.44. The second-order valence-electron chi connectivity index (χ2n) is 4.56. The largest absolute Gasteiger partial charge is 0.466 e. The van der Waals surface area contributed by atoms with Crippen LogP contribution in [0.5, 0.6) is 0 Å². The molecule has 0 spiro atoms. The van der Waals surface area contributed by atoms with E-state index in [0.717, 1.165) is 11.1 Å². The van der Waals surface area contributed by atoms with Crippen LogP contribution in [0.3, 0.4) is 0 Å². The van der Waals surface area contributed by atoms with Crippen LogP contribution < -0.4 is 0 Å². The number of aryl methyl sites for hydroxylation is 2. The van der Waals surface area contributed by atoms with Crippen LogP contribution in [0.2, 0.25) is 0 Å². The van der Waals surface area contributed by atoms with Crippen molar-refractivity contribution in [3.63, 3.8) is 0 Å². The lowest BCUT2D eigenvalue weighted by atomic mass is 9.93. The van der Waals surface area contributed by atoms with Crippen LogP contribution in [-0.2, 0) is 33.7 Å². The summed E-state index contributed by atoms with van der Waals surface area (Å²) in [5.41, 5.74) is 2.40. The molecular weight excluding hydrogens is 244 g/mol. The quantitative estimate of drug-likeness (QED) is 0.766. The highest BCUT2D eigenvalue weighted by Crippen LogP contribution is 2.24. The molecule has 0 atom stereocenters. The van der Waals surface area contributed by atoms with Crippen LogP contribution in [0.15, 0.2) is 6.20 Å². The van der Waals surface area contributed by atoms with Crippen LogP contribution in [0.25, 0.3) is 0 Å². The van der Waals surface area contributed by atoms with E-state index in [4.69, 9.17) is 4.74 Å². The molecule has 0 unspecified atom stereocenters. The molecule has 0 saturated carbocycles. The maximum atomic E-state index is 11.5. The molecule has 0 aliphatic heterocycles. The third-order valence-electron chi connectivity index (χ3n) is 3.29. The number of rotatable bonds is 4. The second-order valence-corrected chi connectivity index (χ2v) is 4.56. The Balaban J connectivity index is 2.16. The van der Waals surface area contributed by atoms with Crippen molar-refractivity contribution in [2.45, 2.75) is 39.2 Å². The molecule has 0 fully saturated rings. The van der Waals surface area contributed by atoms with Gasteiger partial charge in [-0.3, -0.25) is 9.59 Å². The van der Waals surface area contributed by atoms with Crippen molar-refractivity contribution in [1.82, 2.24) is 4.57 Å². The standard InChI is InChI=1S/C14H16N2O3/c1-2-19-14(18)5-6-16-9-10-3-4-11(17)7-12(10)13(16)8-15/h9H,2-7H2,1H3. The maximum Gasteiger partial charge on any atom is 0.307 e. The van der Waals surface area contributed by atoms with Gasteiger partial charge in [0, 0.05) is 25.6 Å². The highest BCUT2D eigenvalue weighted by atomic mass is 16.5. The average Bonchev–Trinajstić information content (AvgIpc) is 2.73. The highest BCUT2D eigenvalue weighted by Gasteiger charge is 2.23. The summed E-state index contributed by atoms with van der Waals surface area (Å²) in [6, 6.07) is 2.14. The number of esters is 1. The van der Waals surface area contributed by atoms with E-state index in [2.05, 4.69) is 6.07 Å². The molecule has 0 saturated heterocycles. The van der Waals surface area contributed by atoms with Gasteiger partial charge in [-0.05, 0) is 24.5 Å². The smallest absolute Gasteiger partial charge is 0.307 e. The van der Waals surface area contributed by atoms with Crippen LogP contribution >= 0.6 is 0 Å². The zero-order valence-corrected chi connectivity index (χ0v) is 10.9. The molecule has 0 radical (unpaired) electrons. The van der Waals surface area contributed by atoms with E-state index in [1.807, 2.05) is 6.20 Å². The molecule has 1 aromatic rings. The summed E-state index contributed by atoms with van der Waals surface area (Å²) in [5, 5.41) is 9.22. The number of carbonyl (C=O) groups excluding carboxylic acids is 2. The summed E-state index contributed by atoms with van der Waals surface area (Å²) in [7, 11) is 0. The van der Waals surface area contributed by atoms with E-state index < -0.39 is 0 Å². The Kier molecular flexibility index (Phi) is 4.00. The van der Waals surface area contributed by atoms with Gasteiger partial charge in [-0.2, -0.15) is 5.26 Å². The summed E-state index contributed by atoms with van der Waals surface area (Å²) in [6.45, 7) is 2.54. The fourth-order valence-corrected chi connectivity index (χ4v) is 2.38. The van der Waals surface area contributed by atoms with Gasteiger partial charge in [0.15, 0.2) is 0 Å². The Hall–Kier alpha value is -2.09. The lowest BCUT2D eigenvalue weighted by Gasteiger charge is -2.09. The molecule has 2 rings (SSSR count). The molecule has 1 aliphatic carbocycles.